The molecule has 114 valence electrons. The molecular formula is C16H16N2O2S2. The number of amides is 2. The van der Waals surface area contributed by atoms with Crippen molar-refractivity contribution < 1.29 is 9.59 Å². The standard InChI is InChI=1S/C16H16N2O2S2/c19-15(17-8-7-11-4-3-9-21-11)10-14-16(20)18-12-5-1-2-6-13(12)22-14/h1-6,9,14H,7-8,10H2,(H,17,19)(H,18,20)/t14-/m1/s1. The lowest BCUT2D eigenvalue weighted by Gasteiger charge is -2.23. The molecule has 1 atom stereocenters. The lowest BCUT2D eigenvalue weighted by atomic mass is 10.2. The fourth-order valence-corrected chi connectivity index (χ4v) is 4.07. The molecule has 0 saturated carbocycles. The molecule has 0 saturated heterocycles. The van der Waals surface area contributed by atoms with Crippen LogP contribution in [0.25, 0.3) is 0 Å². The van der Waals surface area contributed by atoms with Crippen molar-refractivity contribution in [2.45, 2.75) is 23.0 Å². The van der Waals surface area contributed by atoms with Gasteiger partial charge in [0.1, 0.15) is 0 Å². The van der Waals surface area contributed by atoms with Crippen molar-refractivity contribution in [3.63, 3.8) is 0 Å². The Morgan fingerprint density at radius 2 is 2.09 bits per heavy atom. The van der Waals surface area contributed by atoms with Crippen molar-refractivity contribution in [1.29, 1.82) is 0 Å². The molecule has 1 aromatic heterocycles. The second-order valence-corrected chi connectivity index (χ2v) is 7.25. The minimum Gasteiger partial charge on any atom is -0.356 e. The van der Waals surface area contributed by atoms with Gasteiger partial charge in [-0.2, -0.15) is 0 Å². The summed E-state index contributed by atoms with van der Waals surface area (Å²) in [7, 11) is 0. The molecule has 2 N–H and O–H groups in total. The minimum absolute atomic E-state index is 0.0800. The maximum atomic E-state index is 12.0. The molecule has 2 heterocycles. The number of thioether (sulfide) groups is 1. The Balaban J connectivity index is 1.50. The van der Waals surface area contributed by atoms with Gasteiger partial charge in [-0.25, -0.2) is 0 Å². The summed E-state index contributed by atoms with van der Waals surface area (Å²) in [5, 5.41) is 7.40. The largest absolute Gasteiger partial charge is 0.356 e. The summed E-state index contributed by atoms with van der Waals surface area (Å²) in [6.45, 7) is 0.606. The second kappa shape index (κ2) is 6.98. The molecule has 0 radical (unpaired) electrons. The molecule has 2 aromatic rings. The molecule has 0 unspecified atom stereocenters. The van der Waals surface area contributed by atoms with Crippen LogP contribution in [-0.2, 0) is 16.0 Å². The van der Waals surface area contributed by atoms with Gasteiger partial charge < -0.3 is 10.6 Å². The van der Waals surface area contributed by atoms with Crippen molar-refractivity contribution in [2.75, 3.05) is 11.9 Å². The van der Waals surface area contributed by atoms with Crippen LogP contribution in [0.2, 0.25) is 0 Å². The third-order valence-corrected chi connectivity index (χ3v) is 5.56. The number of fused-ring (bicyclic) bond motifs is 1. The monoisotopic (exact) mass is 332 g/mol. The van der Waals surface area contributed by atoms with E-state index < -0.39 is 0 Å². The molecule has 22 heavy (non-hydrogen) atoms. The molecule has 0 fully saturated rings. The topological polar surface area (TPSA) is 58.2 Å². The smallest absolute Gasteiger partial charge is 0.238 e. The average molecular weight is 332 g/mol. The van der Waals surface area contributed by atoms with E-state index in [1.807, 2.05) is 35.7 Å². The van der Waals surface area contributed by atoms with E-state index in [9.17, 15) is 9.59 Å². The maximum absolute atomic E-state index is 12.0. The first-order valence-corrected chi connectivity index (χ1v) is 8.84. The summed E-state index contributed by atoms with van der Waals surface area (Å²) in [6.07, 6.45) is 1.03. The van der Waals surface area contributed by atoms with E-state index in [0.717, 1.165) is 17.0 Å². The van der Waals surface area contributed by atoms with Crippen LogP contribution >= 0.6 is 23.1 Å². The normalized spacial score (nSPS) is 16.7. The van der Waals surface area contributed by atoms with Gasteiger partial charge in [-0.3, -0.25) is 9.59 Å². The van der Waals surface area contributed by atoms with E-state index in [-0.39, 0.29) is 23.5 Å². The highest BCUT2D eigenvalue weighted by molar-refractivity contribution is 8.01. The molecular weight excluding hydrogens is 316 g/mol. The third kappa shape index (κ3) is 3.69. The Kier molecular flexibility index (Phi) is 4.80. The molecule has 0 spiro atoms. The molecule has 2 amide bonds. The van der Waals surface area contributed by atoms with Crippen LogP contribution in [0, 0.1) is 0 Å². The van der Waals surface area contributed by atoms with Crippen LogP contribution in [-0.4, -0.2) is 23.6 Å². The van der Waals surface area contributed by atoms with Crippen LogP contribution in [0.4, 0.5) is 5.69 Å². The summed E-state index contributed by atoms with van der Waals surface area (Å²) in [5.74, 6) is -0.180. The summed E-state index contributed by atoms with van der Waals surface area (Å²) in [6, 6.07) is 11.7. The van der Waals surface area contributed by atoms with Crippen molar-refractivity contribution in [3.05, 3.63) is 46.7 Å². The van der Waals surface area contributed by atoms with E-state index in [1.54, 1.807) is 11.3 Å². The molecule has 3 rings (SSSR count). The Hall–Kier alpha value is -1.79. The number of anilines is 1. The zero-order valence-electron chi connectivity index (χ0n) is 11.9. The van der Waals surface area contributed by atoms with Gasteiger partial charge in [-0.15, -0.1) is 23.1 Å². The minimum atomic E-state index is -0.364. The van der Waals surface area contributed by atoms with E-state index in [4.69, 9.17) is 0 Å². The first-order valence-electron chi connectivity index (χ1n) is 7.08. The summed E-state index contributed by atoms with van der Waals surface area (Å²) >= 11 is 3.14. The van der Waals surface area contributed by atoms with Crippen molar-refractivity contribution in [1.82, 2.24) is 5.32 Å². The van der Waals surface area contributed by atoms with Gasteiger partial charge in [-0.1, -0.05) is 18.2 Å². The Morgan fingerprint density at radius 1 is 1.23 bits per heavy atom. The van der Waals surface area contributed by atoms with Gasteiger partial charge in [-0.05, 0) is 30.0 Å². The molecule has 1 aliphatic heterocycles. The van der Waals surface area contributed by atoms with Crippen molar-refractivity contribution in [2.24, 2.45) is 0 Å². The Bertz CT molecular complexity index is 671. The number of rotatable bonds is 5. The highest BCUT2D eigenvalue weighted by Gasteiger charge is 2.28. The van der Waals surface area contributed by atoms with Crippen LogP contribution in [0.1, 0.15) is 11.3 Å². The molecule has 4 nitrogen and oxygen atoms in total. The van der Waals surface area contributed by atoms with E-state index in [1.165, 1.54) is 16.6 Å². The Labute approximate surface area is 137 Å². The summed E-state index contributed by atoms with van der Waals surface area (Å²) in [4.78, 5) is 26.3. The SMILES string of the molecule is O=C(C[C@H]1Sc2ccccc2NC1=O)NCCc1cccs1. The predicted octanol–water partition coefficient (Wildman–Crippen LogP) is 2.91. The first-order chi connectivity index (χ1) is 10.7. The molecule has 1 aliphatic rings. The first kappa shape index (κ1) is 15.1. The number of carbonyl (C=O) groups is 2. The van der Waals surface area contributed by atoms with Crippen LogP contribution < -0.4 is 10.6 Å². The van der Waals surface area contributed by atoms with Crippen LogP contribution in [0.15, 0.2) is 46.7 Å². The molecule has 1 aromatic carbocycles. The van der Waals surface area contributed by atoms with E-state index in [0.29, 0.717) is 6.54 Å². The van der Waals surface area contributed by atoms with E-state index in [2.05, 4.69) is 16.7 Å². The molecule has 0 aliphatic carbocycles. The number of carbonyl (C=O) groups excluding carboxylic acids is 2. The van der Waals surface area contributed by atoms with Gasteiger partial charge in [0.05, 0.1) is 10.9 Å². The number of para-hydroxylation sites is 1. The maximum Gasteiger partial charge on any atom is 0.238 e. The van der Waals surface area contributed by atoms with Gasteiger partial charge in [0.2, 0.25) is 11.8 Å². The molecule has 0 bridgehead atoms. The Morgan fingerprint density at radius 3 is 2.91 bits per heavy atom. The number of hydrogen-bond donors (Lipinski definition) is 2. The number of nitrogens with one attached hydrogen (secondary N) is 2. The number of thiophene rings is 1. The van der Waals surface area contributed by atoms with Gasteiger partial charge in [0, 0.05) is 22.7 Å². The highest BCUT2D eigenvalue weighted by Crippen LogP contribution is 2.36. The number of hydrogen-bond acceptors (Lipinski definition) is 4. The lowest BCUT2D eigenvalue weighted by molar-refractivity contribution is -0.124. The fourth-order valence-electron chi connectivity index (χ4n) is 2.25. The summed E-state index contributed by atoms with van der Waals surface area (Å²) in [5.41, 5.74) is 0.826. The predicted molar refractivity (Wildman–Crippen MR) is 90.4 cm³/mol. The lowest BCUT2D eigenvalue weighted by Crippen LogP contribution is -2.35. The second-order valence-electron chi connectivity index (χ2n) is 4.98. The van der Waals surface area contributed by atoms with Gasteiger partial charge in [0.15, 0.2) is 0 Å². The van der Waals surface area contributed by atoms with Crippen LogP contribution in [0.5, 0.6) is 0 Å². The van der Waals surface area contributed by atoms with Crippen molar-refractivity contribution >= 4 is 40.6 Å². The fraction of sp³-hybridized carbons (Fsp3) is 0.250. The van der Waals surface area contributed by atoms with Crippen molar-refractivity contribution in [3.8, 4) is 0 Å². The number of benzene rings is 1. The zero-order valence-corrected chi connectivity index (χ0v) is 13.5. The third-order valence-electron chi connectivity index (χ3n) is 3.35. The van der Waals surface area contributed by atoms with Gasteiger partial charge in [0.25, 0.3) is 0 Å². The summed E-state index contributed by atoms with van der Waals surface area (Å²) < 4.78 is 0. The zero-order chi connectivity index (χ0) is 15.4. The van der Waals surface area contributed by atoms with Gasteiger partial charge >= 0.3 is 0 Å². The average Bonchev–Trinajstić information content (AvgIpc) is 3.01. The van der Waals surface area contributed by atoms with Crippen LogP contribution in [0.3, 0.4) is 0 Å². The highest BCUT2D eigenvalue weighted by atomic mass is 32.2. The quantitative estimate of drug-likeness (QED) is 0.885. The van der Waals surface area contributed by atoms with E-state index >= 15 is 0 Å². The molecule has 6 heteroatoms.